The Hall–Kier alpha value is -1.75. The lowest BCUT2D eigenvalue weighted by Gasteiger charge is -2.30. The summed E-state index contributed by atoms with van der Waals surface area (Å²) in [6.45, 7) is 3.79. The maximum atomic E-state index is 13.0. The maximum absolute atomic E-state index is 13.0. The molecule has 1 heterocycles. The Labute approximate surface area is 143 Å². The van der Waals surface area contributed by atoms with Crippen molar-refractivity contribution in [3.05, 3.63) is 23.8 Å². The van der Waals surface area contributed by atoms with Gasteiger partial charge < -0.3 is 19.1 Å². The van der Waals surface area contributed by atoms with Gasteiger partial charge in [-0.3, -0.25) is 4.79 Å². The van der Waals surface area contributed by atoms with Crippen LogP contribution in [0.4, 0.5) is 0 Å². The van der Waals surface area contributed by atoms with Gasteiger partial charge in [-0.25, -0.2) is 0 Å². The standard InChI is InChI=1S/C19H27NO4/c1-14(13-20(2)3)24-18(21)19(8-4-5-9-19)15-6-7-16-17(12-15)23-11-10-22-16/h6-7,12,14H,4-5,8-11,13H2,1-3H3. The van der Waals surface area contributed by atoms with Crippen molar-refractivity contribution in [3.63, 3.8) is 0 Å². The zero-order valence-electron chi connectivity index (χ0n) is 14.8. The number of ether oxygens (including phenoxy) is 3. The van der Waals surface area contributed by atoms with Crippen LogP contribution in [-0.4, -0.2) is 50.8 Å². The van der Waals surface area contributed by atoms with Crippen molar-refractivity contribution in [1.29, 1.82) is 0 Å². The summed E-state index contributed by atoms with van der Waals surface area (Å²) in [5.74, 6) is 1.39. The van der Waals surface area contributed by atoms with Gasteiger partial charge in [0.05, 0.1) is 5.41 Å². The van der Waals surface area contributed by atoms with E-state index in [1.165, 1.54) is 0 Å². The van der Waals surface area contributed by atoms with Crippen molar-refractivity contribution in [1.82, 2.24) is 4.90 Å². The number of hydrogen-bond donors (Lipinski definition) is 0. The molecule has 24 heavy (non-hydrogen) atoms. The average molecular weight is 333 g/mol. The molecule has 1 saturated carbocycles. The van der Waals surface area contributed by atoms with E-state index in [2.05, 4.69) is 0 Å². The molecule has 132 valence electrons. The molecule has 1 atom stereocenters. The smallest absolute Gasteiger partial charge is 0.316 e. The van der Waals surface area contributed by atoms with E-state index in [9.17, 15) is 4.79 Å². The van der Waals surface area contributed by atoms with Crippen LogP contribution in [-0.2, 0) is 14.9 Å². The number of fused-ring (bicyclic) bond motifs is 1. The van der Waals surface area contributed by atoms with Gasteiger partial charge in [0.25, 0.3) is 0 Å². The summed E-state index contributed by atoms with van der Waals surface area (Å²) >= 11 is 0. The molecule has 0 bridgehead atoms. The monoisotopic (exact) mass is 333 g/mol. The highest BCUT2D eigenvalue weighted by atomic mass is 16.6. The van der Waals surface area contributed by atoms with Gasteiger partial charge in [0.1, 0.15) is 19.3 Å². The van der Waals surface area contributed by atoms with Crippen LogP contribution in [0.25, 0.3) is 0 Å². The number of carbonyl (C=O) groups excluding carboxylic acids is 1. The predicted octanol–water partition coefficient (Wildman–Crippen LogP) is 2.76. The predicted molar refractivity (Wildman–Crippen MR) is 91.7 cm³/mol. The van der Waals surface area contributed by atoms with E-state index in [-0.39, 0.29) is 12.1 Å². The van der Waals surface area contributed by atoms with Gasteiger partial charge >= 0.3 is 5.97 Å². The second-order valence-electron chi connectivity index (χ2n) is 7.13. The Morgan fingerprint density at radius 1 is 1.21 bits per heavy atom. The number of hydrogen-bond acceptors (Lipinski definition) is 5. The molecule has 1 aromatic carbocycles. The zero-order valence-corrected chi connectivity index (χ0v) is 14.8. The number of benzene rings is 1. The Morgan fingerprint density at radius 3 is 2.54 bits per heavy atom. The lowest BCUT2D eigenvalue weighted by Crippen LogP contribution is -2.39. The van der Waals surface area contributed by atoms with Crippen LogP contribution in [0.1, 0.15) is 38.2 Å². The third-order valence-corrected chi connectivity index (χ3v) is 4.87. The summed E-state index contributed by atoms with van der Waals surface area (Å²) < 4.78 is 17.1. The van der Waals surface area contributed by atoms with E-state index >= 15 is 0 Å². The minimum Gasteiger partial charge on any atom is -0.486 e. The van der Waals surface area contributed by atoms with Crippen LogP contribution in [0.2, 0.25) is 0 Å². The molecule has 1 aliphatic heterocycles. The van der Waals surface area contributed by atoms with Crippen molar-refractivity contribution in [2.24, 2.45) is 0 Å². The van der Waals surface area contributed by atoms with Crippen molar-refractivity contribution >= 4 is 5.97 Å². The highest BCUT2D eigenvalue weighted by Crippen LogP contribution is 2.45. The van der Waals surface area contributed by atoms with Crippen LogP contribution >= 0.6 is 0 Å². The molecule has 0 N–H and O–H groups in total. The topological polar surface area (TPSA) is 48.0 Å². The molecule has 0 radical (unpaired) electrons. The molecule has 0 amide bonds. The molecule has 5 nitrogen and oxygen atoms in total. The minimum atomic E-state index is -0.545. The Morgan fingerprint density at radius 2 is 1.88 bits per heavy atom. The Kier molecular flexibility index (Phi) is 4.99. The molecule has 0 saturated heterocycles. The van der Waals surface area contributed by atoms with Gasteiger partial charge in [0, 0.05) is 6.54 Å². The Balaban J connectivity index is 1.84. The second-order valence-corrected chi connectivity index (χ2v) is 7.13. The van der Waals surface area contributed by atoms with Crippen molar-refractivity contribution in [2.75, 3.05) is 33.9 Å². The van der Waals surface area contributed by atoms with Crippen molar-refractivity contribution in [2.45, 2.75) is 44.1 Å². The fraction of sp³-hybridized carbons (Fsp3) is 0.632. The van der Waals surface area contributed by atoms with Crippen LogP contribution < -0.4 is 9.47 Å². The summed E-state index contributed by atoms with van der Waals surface area (Å²) in [6.07, 6.45) is 3.64. The summed E-state index contributed by atoms with van der Waals surface area (Å²) in [7, 11) is 3.97. The van der Waals surface area contributed by atoms with Gasteiger partial charge in [0.2, 0.25) is 0 Å². The molecule has 1 aliphatic carbocycles. The van der Waals surface area contributed by atoms with Gasteiger partial charge in [-0.1, -0.05) is 18.9 Å². The zero-order chi connectivity index (χ0) is 17.2. The molecule has 1 aromatic rings. The van der Waals surface area contributed by atoms with Crippen LogP contribution in [0.5, 0.6) is 11.5 Å². The molecular formula is C19H27NO4. The lowest BCUT2D eigenvalue weighted by atomic mass is 9.78. The number of likely N-dealkylation sites (N-methyl/N-ethyl adjacent to an activating group) is 1. The molecular weight excluding hydrogens is 306 g/mol. The van der Waals surface area contributed by atoms with Gasteiger partial charge in [-0.2, -0.15) is 0 Å². The van der Waals surface area contributed by atoms with E-state index in [4.69, 9.17) is 14.2 Å². The van der Waals surface area contributed by atoms with E-state index < -0.39 is 5.41 Å². The number of nitrogens with zero attached hydrogens (tertiary/aromatic N) is 1. The SMILES string of the molecule is CC(CN(C)C)OC(=O)C1(c2ccc3c(c2)OCCO3)CCCC1. The molecule has 3 rings (SSSR count). The summed E-state index contributed by atoms with van der Waals surface area (Å²) in [5.41, 5.74) is 0.447. The van der Waals surface area contributed by atoms with Crippen LogP contribution in [0.15, 0.2) is 18.2 Å². The molecule has 2 aliphatic rings. The molecule has 0 aromatic heterocycles. The van der Waals surface area contributed by atoms with Gasteiger partial charge in [-0.05, 0) is 51.6 Å². The fourth-order valence-corrected chi connectivity index (χ4v) is 3.78. The van der Waals surface area contributed by atoms with Crippen molar-refractivity contribution < 1.29 is 19.0 Å². The largest absolute Gasteiger partial charge is 0.486 e. The lowest BCUT2D eigenvalue weighted by molar-refractivity contribution is -0.155. The molecule has 1 unspecified atom stereocenters. The number of carbonyl (C=O) groups is 1. The molecule has 1 fully saturated rings. The first kappa shape index (κ1) is 17.1. The fourth-order valence-electron chi connectivity index (χ4n) is 3.78. The van der Waals surface area contributed by atoms with E-state index in [1.807, 2.05) is 44.1 Å². The summed E-state index contributed by atoms with van der Waals surface area (Å²) in [5, 5.41) is 0. The van der Waals surface area contributed by atoms with E-state index in [1.54, 1.807) is 0 Å². The first-order chi connectivity index (χ1) is 11.5. The summed E-state index contributed by atoms with van der Waals surface area (Å²) in [6, 6.07) is 5.88. The highest BCUT2D eigenvalue weighted by Gasteiger charge is 2.45. The van der Waals surface area contributed by atoms with Crippen molar-refractivity contribution in [3.8, 4) is 11.5 Å². The van der Waals surface area contributed by atoms with E-state index in [0.29, 0.717) is 13.2 Å². The van der Waals surface area contributed by atoms with E-state index in [0.717, 1.165) is 49.3 Å². The van der Waals surface area contributed by atoms with Crippen LogP contribution in [0, 0.1) is 0 Å². The third-order valence-electron chi connectivity index (χ3n) is 4.87. The highest BCUT2D eigenvalue weighted by molar-refractivity contribution is 5.84. The Bertz CT molecular complexity index is 593. The average Bonchev–Trinajstić information content (AvgIpc) is 3.04. The quantitative estimate of drug-likeness (QED) is 0.776. The second kappa shape index (κ2) is 7.01. The first-order valence-corrected chi connectivity index (χ1v) is 8.77. The maximum Gasteiger partial charge on any atom is 0.316 e. The molecule has 0 spiro atoms. The molecule has 5 heteroatoms. The first-order valence-electron chi connectivity index (χ1n) is 8.77. The van der Waals surface area contributed by atoms with Gasteiger partial charge in [0.15, 0.2) is 11.5 Å². The third kappa shape index (κ3) is 3.36. The van der Waals surface area contributed by atoms with Gasteiger partial charge in [-0.15, -0.1) is 0 Å². The normalized spacial score (nSPS) is 20.0. The number of esters is 1. The number of rotatable bonds is 5. The van der Waals surface area contributed by atoms with Crippen LogP contribution in [0.3, 0.4) is 0 Å². The minimum absolute atomic E-state index is 0.106. The summed E-state index contributed by atoms with van der Waals surface area (Å²) in [4.78, 5) is 15.0.